The third-order valence-electron chi connectivity index (χ3n) is 3.26. The highest BCUT2D eigenvalue weighted by atomic mass is 16.3. The summed E-state index contributed by atoms with van der Waals surface area (Å²) in [7, 11) is 1.99. The van der Waals surface area contributed by atoms with E-state index in [0.717, 1.165) is 23.4 Å². The van der Waals surface area contributed by atoms with Gasteiger partial charge in [0.2, 0.25) is 5.91 Å². The maximum Gasteiger partial charge on any atom is 0.238 e. The zero-order valence-corrected chi connectivity index (χ0v) is 11.9. The Hall–Kier alpha value is -2.53. The topological polar surface area (TPSA) is 78.6 Å². The fourth-order valence-electron chi connectivity index (χ4n) is 2.07. The van der Waals surface area contributed by atoms with Crippen LogP contribution in [0.15, 0.2) is 48.5 Å². The first-order valence-corrected chi connectivity index (χ1v) is 6.66. The summed E-state index contributed by atoms with van der Waals surface area (Å²) in [5.41, 5.74) is 5.21. The summed E-state index contributed by atoms with van der Waals surface area (Å²) in [6.45, 7) is 0.744. The first kappa shape index (κ1) is 14.9. The third kappa shape index (κ3) is 4.22. The fourth-order valence-corrected chi connectivity index (χ4v) is 2.07. The highest BCUT2D eigenvalue weighted by Gasteiger charge is 2.04. The number of carbonyl (C=O) groups is 1. The van der Waals surface area contributed by atoms with Crippen LogP contribution in [0.25, 0.3) is 0 Å². The van der Waals surface area contributed by atoms with Crippen molar-refractivity contribution in [2.24, 2.45) is 5.84 Å². The number of phenols is 1. The van der Waals surface area contributed by atoms with Crippen molar-refractivity contribution >= 4 is 11.6 Å². The van der Waals surface area contributed by atoms with Crippen molar-refractivity contribution in [1.82, 2.24) is 5.43 Å². The van der Waals surface area contributed by atoms with Gasteiger partial charge in [0.05, 0.1) is 6.42 Å². The molecule has 0 fully saturated rings. The molecule has 0 aromatic heterocycles. The van der Waals surface area contributed by atoms with E-state index in [9.17, 15) is 9.90 Å². The van der Waals surface area contributed by atoms with Gasteiger partial charge in [-0.05, 0) is 35.4 Å². The van der Waals surface area contributed by atoms with Gasteiger partial charge >= 0.3 is 0 Å². The largest absolute Gasteiger partial charge is 0.508 e. The predicted molar refractivity (Wildman–Crippen MR) is 82.7 cm³/mol. The quantitative estimate of drug-likeness (QED) is 0.442. The second-order valence-corrected chi connectivity index (χ2v) is 4.93. The Morgan fingerprint density at radius 2 is 1.67 bits per heavy atom. The van der Waals surface area contributed by atoms with E-state index >= 15 is 0 Å². The van der Waals surface area contributed by atoms with Crippen LogP contribution in [0.5, 0.6) is 5.75 Å². The second kappa shape index (κ2) is 6.76. The van der Waals surface area contributed by atoms with E-state index in [2.05, 4.69) is 10.3 Å². The molecule has 0 saturated heterocycles. The number of amides is 1. The van der Waals surface area contributed by atoms with E-state index in [1.54, 1.807) is 12.1 Å². The number of benzene rings is 2. The van der Waals surface area contributed by atoms with Crippen molar-refractivity contribution in [2.45, 2.75) is 13.0 Å². The minimum atomic E-state index is -0.205. The van der Waals surface area contributed by atoms with Gasteiger partial charge in [0.1, 0.15) is 5.75 Å². The van der Waals surface area contributed by atoms with Crippen LogP contribution in [-0.2, 0) is 17.8 Å². The minimum absolute atomic E-state index is 0.205. The van der Waals surface area contributed by atoms with Crippen molar-refractivity contribution in [1.29, 1.82) is 0 Å². The Labute approximate surface area is 124 Å². The van der Waals surface area contributed by atoms with Crippen LogP contribution in [-0.4, -0.2) is 18.1 Å². The van der Waals surface area contributed by atoms with Crippen LogP contribution < -0.4 is 16.2 Å². The minimum Gasteiger partial charge on any atom is -0.508 e. The summed E-state index contributed by atoms with van der Waals surface area (Å²) in [5, 5.41) is 9.29. The van der Waals surface area contributed by atoms with Gasteiger partial charge in [0.15, 0.2) is 0 Å². The van der Waals surface area contributed by atoms with Crippen LogP contribution in [0.1, 0.15) is 11.1 Å². The summed E-state index contributed by atoms with van der Waals surface area (Å²) < 4.78 is 0. The molecule has 0 heterocycles. The molecule has 0 spiro atoms. The number of aromatic hydroxyl groups is 1. The molecule has 4 N–H and O–H groups in total. The van der Waals surface area contributed by atoms with E-state index in [0.29, 0.717) is 0 Å². The molecule has 2 aromatic carbocycles. The van der Waals surface area contributed by atoms with Crippen molar-refractivity contribution in [3.05, 3.63) is 59.7 Å². The molecule has 0 atom stereocenters. The third-order valence-corrected chi connectivity index (χ3v) is 3.26. The van der Waals surface area contributed by atoms with Crippen LogP contribution in [0.3, 0.4) is 0 Å². The highest BCUT2D eigenvalue weighted by Crippen LogP contribution is 2.19. The molecule has 0 aliphatic carbocycles. The number of phenolic OH excluding ortho intramolecular Hbond substituents is 1. The van der Waals surface area contributed by atoms with E-state index in [-0.39, 0.29) is 18.1 Å². The van der Waals surface area contributed by atoms with Crippen LogP contribution >= 0.6 is 0 Å². The lowest BCUT2D eigenvalue weighted by molar-refractivity contribution is -0.120. The Kier molecular flexibility index (Phi) is 4.79. The summed E-state index contributed by atoms with van der Waals surface area (Å²) >= 11 is 0. The molecule has 0 radical (unpaired) electrons. The normalized spacial score (nSPS) is 10.2. The monoisotopic (exact) mass is 285 g/mol. The van der Waals surface area contributed by atoms with Gasteiger partial charge in [-0.25, -0.2) is 5.84 Å². The second-order valence-electron chi connectivity index (χ2n) is 4.93. The molecule has 0 aliphatic heterocycles. The average molecular weight is 285 g/mol. The molecule has 0 aliphatic rings. The maximum atomic E-state index is 11.2. The summed E-state index contributed by atoms with van der Waals surface area (Å²) in [6.07, 6.45) is 0.282. The Morgan fingerprint density at radius 3 is 2.24 bits per heavy atom. The average Bonchev–Trinajstić information content (AvgIpc) is 2.49. The Balaban J connectivity index is 1.99. The molecule has 5 nitrogen and oxygen atoms in total. The van der Waals surface area contributed by atoms with Crippen LogP contribution in [0.4, 0.5) is 5.69 Å². The molecular weight excluding hydrogens is 266 g/mol. The standard InChI is InChI=1S/C16H19N3O2/c1-19(14-6-8-15(20)9-7-14)11-13-4-2-12(3-5-13)10-16(21)18-17/h2-9,20H,10-11,17H2,1H3,(H,18,21). The van der Waals surface area contributed by atoms with Crippen molar-refractivity contribution in [3.63, 3.8) is 0 Å². The number of rotatable bonds is 5. The summed E-state index contributed by atoms with van der Waals surface area (Å²) in [6, 6.07) is 14.9. The number of nitrogens with two attached hydrogens (primary N) is 1. The van der Waals surface area contributed by atoms with Gasteiger partial charge in [-0.2, -0.15) is 0 Å². The van der Waals surface area contributed by atoms with E-state index < -0.39 is 0 Å². The molecule has 2 aromatic rings. The van der Waals surface area contributed by atoms with Gasteiger partial charge < -0.3 is 10.0 Å². The number of hydrogen-bond donors (Lipinski definition) is 3. The predicted octanol–water partition coefficient (Wildman–Crippen LogP) is 1.56. The lowest BCUT2D eigenvalue weighted by Crippen LogP contribution is -2.31. The lowest BCUT2D eigenvalue weighted by atomic mass is 10.1. The van der Waals surface area contributed by atoms with Gasteiger partial charge in [0, 0.05) is 19.3 Å². The molecule has 1 amide bonds. The lowest BCUT2D eigenvalue weighted by Gasteiger charge is -2.19. The number of carbonyl (C=O) groups excluding carboxylic acids is 1. The SMILES string of the molecule is CN(Cc1ccc(CC(=O)NN)cc1)c1ccc(O)cc1. The van der Waals surface area contributed by atoms with Crippen molar-refractivity contribution in [2.75, 3.05) is 11.9 Å². The van der Waals surface area contributed by atoms with Gasteiger partial charge in [-0.3, -0.25) is 10.2 Å². The fraction of sp³-hybridized carbons (Fsp3) is 0.188. The van der Waals surface area contributed by atoms with E-state index in [1.807, 2.05) is 43.4 Å². The first-order chi connectivity index (χ1) is 10.1. The van der Waals surface area contributed by atoms with Gasteiger partial charge in [0.25, 0.3) is 0 Å². The van der Waals surface area contributed by atoms with Gasteiger partial charge in [-0.1, -0.05) is 24.3 Å². The van der Waals surface area contributed by atoms with E-state index in [1.165, 1.54) is 0 Å². The Morgan fingerprint density at radius 1 is 1.10 bits per heavy atom. The smallest absolute Gasteiger partial charge is 0.238 e. The highest BCUT2D eigenvalue weighted by molar-refractivity contribution is 5.77. The molecular formula is C16H19N3O2. The van der Waals surface area contributed by atoms with Gasteiger partial charge in [-0.15, -0.1) is 0 Å². The van der Waals surface area contributed by atoms with Crippen molar-refractivity contribution in [3.8, 4) is 5.75 Å². The zero-order chi connectivity index (χ0) is 15.2. The molecule has 0 saturated carbocycles. The molecule has 0 unspecified atom stereocenters. The molecule has 110 valence electrons. The number of nitrogens with one attached hydrogen (secondary N) is 1. The van der Waals surface area contributed by atoms with E-state index in [4.69, 9.17) is 5.84 Å². The van der Waals surface area contributed by atoms with Crippen LogP contribution in [0, 0.1) is 0 Å². The number of nitrogens with zero attached hydrogens (tertiary/aromatic N) is 1. The number of hydrogen-bond acceptors (Lipinski definition) is 4. The first-order valence-electron chi connectivity index (χ1n) is 6.66. The van der Waals surface area contributed by atoms with Crippen LogP contribution in [0.2, 0.25) is 0 Å². The molecule has 5 heteroatoms. The Bertz CT molecular complexity index is 594. The summed E-state index contributed by atoms with van der Waals surface area (Å²) in [5.74, 6) is 5.12. The maximum absolute atomic E-state index is 11.2. The number of hydrazine groups is 1. The zero-order valence-electron chi connectivity index (χ0n) is 11.9. The molecule has 2 rings (SSSR count). The molecule has 0 bridgehead atoms. The van der Waals surface area contributed by atoms with Crippen molar-refractivity contribution < 1.29 is 9.90 Å². The summed E-state index contributed by atoms with van der Waals surface area (Å²) in [4.78, 5) is 13.3. The molecule has 21 heavy (non-hydrogen) atoms. The number of anilines is 1.